The van der Waals surface area contributed by atoms with Crippen LogP contribution in [0.15, 0.2) is 58.3 Å². The molecule has 2 aromatic rings. The van der Waals surface area contributed by atoms with Crippen molar-refractivity contribution < 1.29 is 5.11 Å². The van der Waals surface area contributed by atoms with Gasteiger partial charge in [0.1, 0.15) is 5.75 Å². The van der Waals surface area contributed by atoms with Crippen LogP contribution in [0.4, 0.5) is 0 Å². The molecule has 76 valence electrons. The summed E-state index contributed by atoms with van der Waals surface area (Å²) in [4.78, 5) is 2.07. The summed E-state index contributed by atoms with van der Waals surface area (Å²) in [5.74, 6) is 0.192. The normalized spacial score (nSPS) is 10.2. The van der Waals surface area contributed by atoms with Crippen LogP contribution in [0.5, 0.6) is 5.75 Å². The lowest BCUT2D eigenvalue weighted by molar-refractivity contribution is 0.475. The number of hydrogen-bond donors (Lipinski definition) is 1. The summed E-state index contributed by atoms with van der Waals surface area (Å²) in [7, 11) is 0. The minimum Gasteiger partial charge on any atom is -0.508 e. The predicted octanol–water partition coefficient (Wildman–Crippen LogP) is 4.20. The topological polar surface area (TPSA) is 20.2 Å². The lowest BCUT2D eigenvalue weighted by atomic mass is 10.3. The average molecular weight is 237 g/mol. The van der Waals surface area contributed by atoms with Crippen molar-refractivity contribution in [3.8, 4) is 5.75 Å². The van der Waals surface area contributed by atoms with Gasteiger partial charge in [-0.25, -0.2) is 0 Å². The third-order valence-corrected chi connectivity index (χ3v) is 3.40. The number of aromatic hydroxyl groups is 1. The quantitative estimate of drug-likeness (QED) is 0.844. The molecular formula is C12H9ClOS. The predicted molar refractivity (Wildman–Crippen MR) is 63.7 cm³/mol. The summed E-state index contributed by atoms with van der Waals surface area (Å²) in [6, 6.07) is 15.0. The van der Waals surface area contributed by atoms with Crippen LogP contribution >= 0.6 is 23.4 Å². The Labute approximate surface area is 97.7 Å². The van der Waals surface area contributed by atoms with E-state index in [1.807, 2.05) is 36.4 Å². The highest BCUT2D eigenvalue weighted by Crippen LogP contribution is 2.34. The lowest BCUT2D eigenvalue weighted by Crippen LogP contribution is -1.75. The van der Waals surface area contributed by atoms with Crippen molar-refractivity contribution in [3.63, 3.8) is 0 Å². The van der Waals surface area contributed by atoms with Gasteiger partial charge in [0.05, 0.1) is 5.02 Å². The second-order valence-electron chi connectivity index (χ2n) is 3.03. The Balaban J connectivity index is 2.25. The standard InChI is InChI=1S/C12H9ClOS/c13-11-8-9(14)6-7-12(11)15-10-4-2-1-3-5-10/h1-8,14H. The third-order valence-electron chi connectivity index (χ3n) is 1.89. The number of benzene rings is 2. The van der Waals surface area contributed by atoms with E-state index in [-0.39, 0.29) is 5.75 Å². The summed E-state index contributed by atoms with van der Waals surface area (Å²) in [6.07, 6.45) is 0. The summed E-state index contributed by atoms with van der Waals surface area (Å²) in [6.45, 7) is 0. The minimum atomic E-state index is 0.192. The molecule has 0 aliphatic heterocycles. The van der Waals surface area contributed by atoms with Crippen molar-refractivity contribution in [2.75, 3.05) is 0 Å². The highest BCUT2D eigenvalue weighted by atomic mass is 35.5. The second-order valence-corrected chi connectivity index (χ2v) is 4.55. The Hall–Kier alpha value is -1.12. The van der Waals surface area contributed by atoms with Crippen LogP contribution in [0.2, 0.25) is 5.02 Å². The van der Waals surface area contributed by atoms with Crippen molar-refractivity contribution in [1.82, 2.24) is 0 Å². The largest absolute Gasteiger partial charge is 0.508 e. The van der Waals surface area contributed by atoms with Gasteiger partial charge in [0.2, 0.25) is 0 Å². The molecule has 3 heteroatoms. The van der Waals surface area contributed by atoms with Crippen LogP contribution in [0.1, 0.15) is 0 Å². The van der Waals surface area contributed by atoms with Gasteiger partial charge in [-0.3, -0.25) is 0 Å². The first-order chi connectivity index (χ1) is 7.25. The first kappa shape index (κ1) is 10.4. The van der Waals surface area contributed by atoms with Crippen LogP contribution in [-0.4, -0.2) is 5.11 Å². The Kier molecular flexibility index (Phi) is 3.19. The highest BCUT2D eigenvalue weighted by Gasteiger charge is 2.02. The number of halogens is 1. The van der Waals surface area contributed by atoms with E-state index in [0.717, 1.165) is 9.79 Å². The molecule has 0 bridgehead atoms. The van der Waals surface area contributed by atoms with Crippen LogP contribution in [0.3, 0.4) is 0 Å². The molecule has 0 aromatic heterocycles. The van der Waals surface area contributed by atoms with E-state index in [4.69, 9.17) is 11.6 Å². The van der Waals surface area contributed by atoms with Crippen LogP contribution in [-0.2, 0) is 0 Å². The molecule has 0 atom stereocenters. The van der Waals surface area contributed by atoms with E-state index in [0.29, 0.717) is 5.02 Å². The second kappa shape index (κ2) is 4.60. The van der Waals surface area contributed by atoms with Crippen molar-refractivity contribution in [3.05, 3.63) is 53.6 Å². The van der Waals surface area contributed by atoms with E-state index in [1.54, 1.807) is 23.9 Å². The molecule has 15 heavy (non-hydrogen) atoms. The number of phenolic OH excluding ortho intramolecular Hbond substituents is 1. The maximum absolute atomic E-state index is 9.21. The summed E-state index contributed by atoms with van der Waals surface area (Å²) >= 11 is 7.58. The van der Waals surface area contributed by atoms with Crippen molar-refractivity contribution in [2.24, 2.45) is 0 Å². The first-order valence-corrected chi connectivity index (χ1v) is 5.66. The van der Waals surface area contributed by atoms with Gasteiger partial charge in [-0.1, -0.05) is 41.6 Å². The molecule has 0 amide bonds. The molecule has 2 rings (SSSR count). The van der Waals surface area contributed by atoms with Gasteiger partial charge in [0.15, 0.2) is 0 Å². The fraction of sp³-hybridized carbons (Fsp3) is 0. The molecule has 0 saturated carbocycles. The zero-order chi connectivity index (χ0) is 10.7. The smallest absolute Gasteiger partial charge is 0.117 e. The third kappa shape index (κ3) is 2.67. The molecule has 0 spiro atoms. The molecule has 0 aliphatic carbocycles. The fourth-order valence-electron chi connectivity index (χ4n) is 1.19. The van der Waals surface area contributed by atoms with Gasteiger partial charge in [-0.15, -0.1) is 0 Å². The zero-order valence-corrected chi connectivity index (χ0v) is 9.42. The van der Waals surface area contributed by atoms with E-state index >= 15 is 0 Å². The van der Waals surface area contributed by atoms with E-state index in [9.17, 15) is 5.11 Å². The summed E-state index contributed by atoms with van der Waals surface area (Å²) in [5.41, 5.74) is 0. The maximum Gasteiger partial charge on any atom is 0.117 e. The van der Waals surface area contributed by atoms with Crippen molar-refractivity contribution in [1.29, 1.82) is 0 Å². The number of hydrogen-bond acceptors (Lipinski definition) is 2. The zero-order valence-electron chi connectivity index (χ0n) is 7.85. The van der Waals surface area contributed by atoms with Crippen LogP contribution < -0.4 is 0 Å². The molecule has 0 radical (unpaired) electrons. The minimum absolute atomic E-state index is 0.192. The van der Waals surface area contributed by atoms with Crippen LogP contribution in [0, 0.1) is 0 Å². The maximum atomic E-state index is 9.21. The fourth-order valence-corrected chi connectivity index (χ4v) is 2.32. The summed E-state index contributed by atoms with van der Waals surface area (Å²) in [5, 5.41) is 9.78. The Morgan fingerprint density at radius 1 is 1.00 bits per heavy atom. The molecule has 0 unspecified atom stereocenters. The van der Waals surface area contributed by atoms with E-state index in [1.165, 1.54) is 0 Å². The van der Waals surface area contributed by atoms with Gasteiger partial charge in [0.25, 0.3) is 0 Å². The number of rotatable bonds is 2. The Morgan fingerprint density at radius 2 is 1.73 bits per heavy atom. The van der Waals surface area contributed by atoms with E-state index < -0.39 is 0 Å². The van der Waals surface area contributed by atoms with Crippen molar-refractivity contribution in [2.45, 2.75) is 9.79 Å². The molecule has 2 aromatic carbocycles. The molecule has 1 N–H and O–H groups in total. The monoisotopic (exact) mass is 236 g/mol. The Bertz CT molecular complexity index is 456. The summed E-state index contributed by atoms with van der Waals surface area (Å²) < 4.78 is 0. The molecule has 0 fully saturated rings. The van der Waals surface area contributed by atoms with Gasteiger partial charge < -0.3 is 5.11 Å². The first-order valence-electron chi connectivity index (χ1n) is 4.47. The van der Waals surface area contributed by atoms with Gasteiger partial charge in [0, 0.05) is 9.79 Å². The van der Waals surface area contributed by atoms with E-state index in [2.05, 4.69) is 0 Å². The Morgan fingerprint density at radius 3 is 2.40 bits per heavy atom. The molecular weight excluding hydrogens is 228 g/mol. The number of phenols is 1. The SMILES string of the molecule is Oc1ccc(Sc2ccccc2)c(Cl)c1. The molecule has 1 nitrogen and oxygen atoms in total. The highest BCUT2D eigenvalue weighted by molar-refractivity contribution is 7.99. The lowest BCUT2D eigenvalue weighted by Gasteiger charge is -2.03. The van der Waals surface area contributed by atoms with Crippen molar-refractivity contribution >= 4 is 23.4 Å². The van der Waals surface area contributed by atoms with Gasteiger partial charge in [-0.05, 0) is 30.3 Å². The van der Waals surface area contributed by atoms with Gasteiger partial charge in [-0.2, -0.15) is 0 Å². The average Bonchev–Trinajstić information content (AvgIpc) is 2.24. The molecule has 0 aliphatic rings. The van der Waals surface area contributed by atoms with Crippen LogP contribution in [0.25, 0.3) is 0 Å². The van der Waals surface area contributed by atoms with Gasteiger partial charge >= 0.3 is 0 Å². The molecule has 0 heterocycles. The molecule has 0 saturated heterocycles.